The standard InChI is InChI=1S/C18H11ClF4N2O2/c1-3-4-25-13-6-12(20)10(5-14(13)27-8-15(25)26)17-16(19)9(2)11(7-24-17)18(21,22)23/h1,5-7H,4,8H2,2H3. The van der Waals surface area contributed by atoms with Crippen molar-refractivity contribution in [2.45, 2.75) is 13.1 Å². The van der Waals surface area contributed by atoms with E-state index in [2.05, 4.69) is 10.9 Å². The van der Waals surface area contributed by atoms with Gasteiger partial charge in [-0.3, -0.25) is 14.7 Å². The molecule has 2 heterocycles. The fraction of sp³-hybridized carbons (Fsp3) is 0.222. The molecule has 140 valence electrons. The number of carbonyl (C=O) groups excluding carboxylic acids is 1. The summed E-state index contributed by atoms with van der Waals surface area (Å²) in [6.45, 7) is 0.801. The summed E-state index contributed by atoms with van der Waals surface area (Å²) in [4.78, 5) is 16.8. The summed E-state index contributed by atoms with van der Waals surface area (Å²) in [7, 11) is 0. The Balaban J connectivity index is 2.14. The van der Waals surface area contributed by atoms with Crippen molar-refractivity contribution in [3.63, 3.8) is 0 Å². The first-order valence-electron chi connectivity index (χ1n) is 7.58. The van der Waals surface area contributed by atoms with Crippen LogP contribution in [-0.4, -0.2) is 24.0 Å². The molecule has 3 rings (SSSR count). The van der Waals surface area contributed by atoms with E-state index in [-0.39, 0.29) is 46.4 Å². The van der Waals surface area contributed by atoms with Gasteiger partial charge >= 0.3 is 6.18 Å². The van der Waals surface area contributed by atoms with Crippen molar-refractivity contribution in [1.29, 1.82) is 0 Å². The van der Waals surface area contributed by atoms with Crippen molar-refractivity contribution in [3.05, 3.63) is 40.3 Å². The van der Waals surface area contributed by atoms with Gasteiger partial charge < -0.3 is 4.74 Å². The molecule has 0 atom stereocenters. The van der Waals surface area contributed by atoms with Crippen LogP contribution in [0.1, 0.15) is 11.1 Å². The van der Waals surface area contributed by atoms with Crippen LogP contribution in [0.25, 0.3) is 11.3 Å². The number of alkyl halides is 3. The number of ether oxygens (including phenoxy) is 1. The number of anilines is 1. The number of aromatic nitrogens is 1. The molecule has 0 N–H and O–H groups in total. The Labute approximate surface area is 156 Å². The quantitative estimate of drug-likeness (QED) is 0.561. The second-order valence-corrected chi connectivity index (χ2v) is 6.11. The van der Waals surface area contributed by atoms with Gasteiger partial charge in [0.1, 0.15) is 11.6 Å². The number of hydrogen-bond acceptors (Lipinski definition) is 3. The fourth-order valence-electron chi connectivity index (χ4n) is 2.72. The molecule has 0 aliphatic carbocycles. The summed E-state index contributed by atoms with van der Waals surface area (Å²) in [6, 6.07) is 2.26. The Kier molecular flexibility index (Phi) is 4.74. The SMILES string of the molecule is C#CCN1C(=O)COc2cc(-c3ncc(C(F)(F)F)c(C)c3Cl)c(F)cc21. The van der Waals surface area contributed by atoms with Crippen LogP contribution in [-0.2, 0) is 11.0 Å². The highest BCUT2D eigenvalue weighted by molar-refractivity contribution is 6.33. The van der Waals surface area contributed by atoms with Crippen LogP contribution in [0.4, 0.5) is 23.2 Å². The van der Waals surface area contributed by atoms with Crippen molar-refractivity contribution in [1.82, 2.24) is 4.98 Å². The Hall–Kier alpha value is -2.79. The number of benzene rings is 1. The lowest BCUT2D eigenvalue weighted by Crippen LogP contribution is -2.39. The maximum absolute atomic E-state index is 14.7. The first kappa shape index (κ1) is 19.0. The van der Waals surface area contributed by atoms with Gasteiger partial charge in [-0.15, -0.1) is 6.42 Å². The maximum Gasteiger partial charge on any atom is 0.418 e. The van der Waals surface area contributed by atoms with E-state index >= 15 is 0 Å². The van der Waals surface area contributed by atoms with Crippen LogP contribution in [0.3, 0.4) is 0 Å². The van der Waals surface area contributed by atoms with Crippen LogP contribution in [0.2, 0.25) is 5.02 Å². The minimum Gasteiger partial charge on any atom is -0.482 e. The molecular formula is C18H11ClF4N2O2. The van der Waals surface area contributed by atoms with Crippen LogP contribution >= 0.6 is 11.6 Å². The fourth-order valence-corrected chi connectivity index (χ4v) is 2.97. The van der Waals surface area contributed by atoms with E-state index in [0.29, 0.717) is 6.20 Å². The molecule has 27 heavy (non-hydrogen) atoms. The Morgan fingerprint density at radius 3 is 2.74 bits per heavy atom. The lowest BCUT2D eigenvalue weighted by Gasteiger charge is -2.28. The van der Waals surface area contributed by atoms with Gasteiger partial charge in [0.05, 0.1) is 28.5 Å². The molecule has 0 radical (unpaired) electrons. The van der Waals surface area contributed by atoms with Crippen molar-refractivity contribution in [3.8, 4) is 29.4 Å². The summed E-state index contributed by atoms with van der Waals surface area (Å²) in [5, 5.41) is -0.323. The number of halogens is 5. The molecule has 0 bridgehead atoms. The Bertz CT molecular complexity index is 983. The smallest absolute Gasteiger partial charge is 0.418 e. The van der Waals surface area contributed by atoms with Crippen molar-refractivity contribution < 1.29 is 27.1 Å². The molecule has 0 unspecified atom stereocenters. The number of hydrogen-bond donors (Lipinski definition) is 0. The minimum atomic E-state index is -4.63. The molecule has 9 heteroatoms. The molecule has 0 fully saturated rings. The second-order valence-electron chi connectivity index (χ2n) is 5.73. The van der Waals surface area contributed by atoms with E-state index in [1.807, 2.05) is 0 Å². The molecule has 1 aliphatic heterocycles. The van der Waals surface area contributed by atoms with Crippen LogP contribution < -0.4 is 9.64 Å². The molecule has 0 saturated carbocycles. The molecule has 1 aromatic carbocycles. The van der Waals surface area contributed by atoms with Gasteiger partial charge in [-0.2, -0.15) is 13.2 Å². The lowest BCUT2D eigenvalue weighted by molar-refractivity contribution is -0.138. The highest BCUT2D eigenvalue weighted by atomic mass is 35.5. The van der Waals surface area contributed by atoms with Gasteiger partial charge in [0.2, 0.25) is 0 Å². The normalized spacial score (nSPS) is 13.8. The van der Waals surface area contributed by atoms with Crippen LogP contribution in [0, 0.1) is 25.1 Å². The van der Waals surface area contributed by atoms with E-state index in [4.69, 9.17) is 22.8 Å². The van der Waals surface area contributed by atoms with Crippen molar-refractivity contribution in [2.75, 3.05) is 18.1 Å². The summed E-state index contributed by atoms with van der Waals surface area (Å²) in [5.74, 6) is 1.18. The average Bonchev–Trinajstić information content (AvgIpc) is 2.59. The molecule has 4 nitrogen and oxygen atoms in total. The monoisotopic (exact) mass is 398 g/mol. The van der Waals surface area contributed by atoms with E-state index < -0.39 is 23.5 Å². The largest absolute Gasteiger partial charge is 0.482 e. The Morgan fingerprint density at radius 1 is 1.41 bits per heavy atom. The number of pyridine rings is 1. The zero-order valence-corrected chi connectivity index (χ0v) is 14.6. The van der Waals surface area contributed by atoms with E-state index in [0.717, 1.165) is 6.07 Å². The molecule has 0 saturated heterocycles. The zero-order chi connectivity index (χ0) is 19.9. The van der Waals surface area contributed by atoms with E-state index in [1.165, 1.54) is 17.9 Å². The molecule has 0 spiro atoms. The lowest BCUT2D eigenvalue weighted by atomic mass is 10.0. The first-order chi connectivity index (χ1) is 12.6. The van der Waals surface area contributed by atoms with Gasteiger partial charge in [0, 0.05) is 17.8 Å². The average molecular weight is 399 g/mol. The van der Waals surface area contributed by atoms with Crippen LogP contribution in [0.5, 0.6) is 5.75 Å². The number of nitrogens with zero attached hydrogens (tertiary/aromatic N) is 2. The number of rotatable bonds is 2. The predicted octanol–water partition coefficient (Wildman–Crippen LogP) is 4.23. The van der Waals surface area contributed by atoms with Crippen molar-refractivity contribution >= 4 is 23.2 Å². The molecule has 1 aromatic heterocycles. The van der Waals surface area contributed by atoms with Gasteiger partial charge in [-0.25, -0.2) is 4.39 Å². The predicted molar refractivity (Wildman–Crippen MR) is 91.1 cm³/mol. The third kappa shape index (κ3) is 3.30. The van der Waals surface area contributed by atoms with Crippen molar-refractivity contribution in [2.24, 2.45) is 0 Å². The van der Waals surface area contributed by atoms with E-state index in [1.54, 1.807) is 0 Å². The zero-order valence-electron chi connectivity index (χ0n) is 13.8. The van der Waals surface area contributed by atoms with Gasteiger partial charge in [-0.1, -0.05) is 17.5 Å². The van der Waals surface area contributed by atoms with Gasteiger partial charge in [-0.05, 0) is 18.6 Å². The summed E-state index contributed by atoms with van der Waals surface area (Å²) >= 11 is 6.03. The van der Waals surface area contributed by atoms with Gasteiger partial charge in [0.25, 0.3) is 5.91 Å². The number of carbonyl (C=O) groups is 1. The van der Waals surface area contributed by atoms with E-state index in [9.17, 15) is 22.4 Å². The second kappa shape index (κ2) is 6.74. The molecule has 1 aliphatic rings. The van der Waals surface area contributed by atoms with Crippen LogP contribution in [0.15, 0.2) is 18.3 Å². The number of fused-ring (bicyclic) bond motifs is 1. The number of terminal acetylenes is 1. The summed E-state index contributed by atoms with van der Waals surface area (Å²) in [6.07, 6.45) is 1.20. The summed E-state index contributed by atoms with van der Waals surface area (Å²) < 4.78 is 58.9. The summed E-state index contributed by atoms with van der Waals surface area (Å²) in [5.41, 5.74) is -1.45. The third-order valence-corrected chi connectivity index (χ3v) is 4.53. The van der Waals surface area contributed by atoms with Gasteiger partial charge in [0.15, 0.2) is 6.61 Å². The molecule has 2 aromatic rings. The first-order valence-corrected chi connectivity index (χ1v) is 7.95. The maximum atomic E-state index is 14.7. The topological polar surface area (TPSA) is 42.4 Å². The minimum absolute atomic E-state index is 0.0770. The molecular weight excluding hydrogens is 388 g/mol. The highest BCUT2D eigenvalue weighted by Crippen LogP contribution is 2.42. The molecule has 1 amide bonds. The number of amides is 1. The highest BCUT2D eigenvalue weighted by Gasteiger charge is 2.35. The third-order valence-electron chi connectivity index (χ3n) is 4.07. The Morgan fingerprint density at radius 2 is 2.11 bits per heavy atom.